The lowest BCUT2D eigenvalue weighted by atomic mass is 10.1. The van der Waals surface area contributed by atoms with Gasteiger partial charge in [0.15, 0.2) is 36.2 Å². The fourth-order valence-corrected chi connectivity index (χ4v) is 6.67. The zero-order valence-electron chi connectivity index (χ0n) is 22.2. The van der Waals surface area contributed by atoms with Crippen molar-refractivity contribution in [2.24, 2.45) is 5.73 Å². The number of aliphatic hydroxyl groups is 4. The molecule has 1 amide bonds. The minimum atomic E-state index is -5.37. The summed E-state index contributed by atoms with van der Waals surface area (Å²) in [4.78, 5) is 43.3. The van der Waals surface area contributed by atoms with E-state index in [0.717, 1.165) is 6.33 Å². The van der Waals surface area contributed by atoms with Crippen molar-refractivity contribution in [2.75, 3.05) is 18.9 Å². The molecule has 2 aliphatic heterocycles. The van der Waals surface area contributed by atoms with E-state index in [-0.39, 0.29) is 22.5 Å². The van der Waals surface area contributed by atoms with E-state index in [1.165, 1.54) is 40.0 Å². The number of pyridine rings is 1. The number of amides is 1. The third-order valence-electron chi connectivity index (χ3n) is 6.75. The highest BCUT2D eigenvalue weighted by molar-refractivity contribution is 7.61. The molecule has 2 aliphatic rings. The minimum absolute atomic E-state index is 0.0505. The molecule has 240 valence electrons. The maximum Gasteiger partial charge on any atom is 0.481 e. The van der Waals surface area contributed by atoms with Gasteiger partial charge in [-0.05, 0) is 6.07 Å². The number of primary amides is 1. The SMILES string of the molecule is NC(=O)c1ccc[n+]([C@H]2O[C@@H](COP(=O)(O)OP(=O)(O)OC[C@H]3O[C@@H](n4cnc5c(N)ncnc54)[C@H](O)[C@@H]3O)[C@H](O)[C@@H]2O)c1. The third-order valence-corrected chi connectivity index (χ3v) is 9.35. The minimum Gasteiger partial charge on any atom is -0.387 e. The molecule has 21 nitrogen and oxygen atoms in total. The highest BCUT2D eigenvalue weighted by atomic mass is 31.3. The first-order chi connectivity index (χ1) is 20.7. The van der Waals surface area contributed by atoms with Crippen molar-refractivity contribution in [1.82, 2.24) is 19.5 Å². The van der Waals surface area contributed by atoms with Crippen molar-refractivity contribution in [3.63, 3.8) is 0 Å². The van der Waals surface area contributed by atoms with Crippen LogP contribution < -0.4 is 16.0 Å². The molecule has 5 heterocycles. The van der Waals surface area contributed by atoms with Gasteiger partial charge < -0.3 is 51.2 Å². The molecular weight excluding hydrogens is 636 g/mol. The molecule has 10 N–H and O–H groups in total. The summed E-state index contributed by atoms with van der Waals surface area (Å²) in [5.74, 6) is -0.714. The van der Waals surface area contributed by atoms with Gasteiger partial charge in [0.05, 0.1) is 19.5 Å². The Balaban J connectivity index is 1.16. The summed E-state index contributed by atoms with van der Waals surface area (Å²) >= 11 is 0. The number of hydrogen-bond donors (Lipinski definition) is 8. The molecule has 0 bridgehead atoms. The van der Waals surface area contributed by atoms with E-state index in [2.05, 4.69) is 23.8 Å². The molecule has 44 heavy (non-hydrogen) atoms. The lowest BCUT2D eigenvalue weighted by Crippen LogP contribution is -2.46. The molecular formula is C21H28N7O14P2+. The Bertz CT molecular complexity index is 1630. The van der Waals surface area contributed by atoms with Crippen LogP contribution in [0.5, 0.6) is 0 Å². The summed E-state index contributed by atoms with van der Waals surface area (Å²) in [5, 5.41) is 41.6. The van der Waals surface area contributed by atoms with Crippen LogP contribution in [0.1, 0.15) is 22.8 Å². The van der Waals surface area contributed by atoms with Crippen molar-refractivity contribution in [2.45, 2.75) is 49.1 Å². The number of aliphatic hydroxyl groups excluding tert-OH is 4. The number of nitrogen functional groups attached to an aromatic ring is 1. The third kappa shape index (κ3) is 6.65. The number of carbonyl (C=O) groups excluding carboxylic acids is 1. The molecule has 10 atom stereocenters. The number of nitrogens with two attached hydrogens (primary N) is 2. The lowest BCUT2D eigenvalue weighted by Gasteiger charge is -2.20. The fraction of sp³-hybridized carbons (Fsp3) is 0.476. The van der Waals surface area contributed by atoms with Crippen molar-refractivity contribution >= 4 is 38.5 Å². The average Bonchev–Trinajstić information content (AvgIpc) is 3.61. The van der Waals surface area contributed by atoms with Crippen LogP contribution in [0.2, 0.25) is 0 Å². The summed E-state index contributed by atoms with van der Waals surface area (Å²) in [7, 11) is -10.7. The van der Waals surface area contributed by atoms with Crippen molar-refractivity contribution in [3.8, 4) is 0 Å². The normalized spacial score (nSPS) is 31.6. The van der Waals surface area contributed by atoms with Crippen LogP contribution in [0.25, 0.3) is 11.2 Å². The summed E-state index contributed by atoms with van der Waals surface area (Å²) in [5.41, 5.74) is 11.4. The van der Waals surface area contributed by atoms with E-state index in [1.54, 1.807) is 0 Å². The smallest absolute Gasteiger partial charge is 0.387 e. The molecule has 23 heteroatoms. The van der Waals surface area contributed by atoms with Crippen LogP contribution >= 0.6 is 15.6 Å². The number of nitrogens with zero attached hydrogens (tertiary/aromatic N) is 5. The second-order valence-corrected chi connectivity index (χ2v) is 12.7. The molecule has 2 saturated heterocycles. The first-order valence-corrected chi connectivity index (χ1v) is 15.6. The number of phosphoric acid groups is 2. The number of aromatic nitrogens is 5. The monoisotopic (exact) mass is 664 g/mol. The van der Waals surface area contributed by atoms with Crippen LogP contribution in [0, 0.1) is 0 Å². The molecule has 3 aromatic rings. The Morgan fingerprint density at radius 3 is 2.27 bits per heavy atom. The molecule has 5 rings (SSSR count). The molecule has 0 spiro atoms. The number of phosphoric ester groups is 2. The van der Waals surface area contributed by atoms with Gasteiger partial charge in [0.25, 0.3) is 12.1 Å². The zero-order valence-corrected chi connectivity index (χ0v) is 24.0. The predicted molar refractivity (Wildman–Crippen MR) is 139 cm³/mol. The van der Waals surface area contributed by atoms with Gasteiger partial charge in [-0.15, -0.1) is 0 Å². The Kier molecular flexibility index (Phi) is 9.13. The van der Waals surface area contributed by atoms with Crippen molar-refractivity contribution in [1.29, 1.82) is 0 Å². The van der Waals surface area contributed by atoms with Crippen LogP contribution in [0.15, 0.2) is 37.2 Å². The first-order valence-electron chi connectivity index (χ1n) is 12.6. The second-order valence-electron chi connectivity index (χ2n) is 9.69. The lowest BCUT2D eigenvalue weighted by molar-refractivity contribution is -0.765. The van der Waals surface area contributed by atoms with E-state index in [4.69, 9.17) is 25.5 Å². The number of fused-ring (bicyclic) bond motifs is 1. The largest absolute Gasteiger partial charge is 0.481 e. The summed E-state index contributed by atoms with van der Waals surface area (Å²) in [6, 6.07) is 2.83. The number of anilines is 1. The van der Waals surface area contributed by atoms with Gasteiger partial charge in [0.2, 0.25) is 0 Å². The Morgan fingerprint density at radius 2 is 1.61 bits per heavy atom. The van der Waals surface area contributed by atoms with Gasteiger partial charge in [0, 0.05) is 6.07 Å². The van der Waals surface area contributed by atoms with E-state index < -0.39 is 83.8 Å². The predicted octanol–water partition coefficient (Wildman–Crippen LogP) is -3.02. The molecule has 2 unspecified atom stereocenters. The summed E-state index contributed by atoms with van der Waals surface area (Å²) in [6.45, 7) is -1.80. The maximum absolute atomic E-state index is 12.4. The zero-order chi connectivity index (χ0) is 32.0. The van der Waals surface area contributed by atoms with Crippen LogP contribution in [-0.2, 0) is 32.0 Å². The molecule has 2 fully saturated rings. The topological polar surface area (TPSA) is 318 Å². The van der Waals surface area contributed by atoms with Gasteiger partial charge in [-0.25, -0.2) is 24.1 Å². The van der Waals surface area contributed by atoms with E-state index in [1.807, 2.05) is 0 Å². The molecule has 0 aliphatic carbocycles. The Hall–Kier alpha value is -3.01. The van der Waals surface area contributed by atoms with Gasteiger partial charge in [-0.2, -0.15) is 8.88 Å². The summed E-state index contributed by atoms with van der Waals surface area (Å²) < 4.78 is 52.0. The van der Waals surface area contributed by atoms with Crippen LogP contribution in [0.3, 0.4) is 0 Å². The molecule has 0 saturated carbocycles. The summed E-state index contributed by atoms with van der Waals surface area (Å²) in [6.07, 6.45) is -6.85. The van der Waals surface area contributed by atoms with E-state index >= 15 is 0 Å². The second kappa shape index (κ2) is 12.4. The maximum atomic E-state index is 12.4. The number of hydrogen-bond acceptors (Lipinski definition) is 16. The van der Waals surface area contributed by atoms with Gasteiger partial charge in [0.1, 0.15) is 47.9 Å². The highest BCUT2D eigenvalue weighted by Gasteiger charge is 2.50. The Labute approximate surface area is 246 Å². The van der Waals surface area contributed by atoms with Crippen LogP contribution in [-0.4, -0.2) is 105 Å². The van der Waals surface area contributed by atoms with Gasteiger partial charge >= 0.3 is 15.6 Å². The van der Waals surface area contributed by atoms with Crippen molar-refractivity contribution < 1.29 is 71.5 Å². The van der Waals surface area contributed by atoms with E-state index in [9.17, 15) is 44.1 Å². The molecule has 3 aromatic heterocycles. The molecule has 0 radical (unpaired) electrons. The number of imidazole rings is 1. The van der Waals surface area contributed by atoms with Gasteiger partial charge in [-0.1, -0.05) is 0 Å². The average molecular weight is 664 g/mol. The van der Waals surface area contributed by atoms with Crippen LogP contribution in [0.4, 0.5) is 5.82 Å². The fourth-order valence-electron chi connectivity index (χ4n) is 4.58. The Morgan fingerprint density at radius 1 is 0.977 bits per heavy atom. The molecule has 0 aromatic carbocycles. The number of rotatable bonds is 11. The first kappa shape index (κ1) is 32.4. The number of ether oxygens (including phenoxy) is 2. The highest BCUT2D eigenvalue weighted by Crippen LogP contribution is 2.60. The number of carbonyl (C=O) groups is 1. The standard InChI is InChI=1S/C21H27N7O14P2/c22-17-12-19(25-7-24-17)28(8-26-12)21-16(32)14(30)11(41-21)6-39-44(36,37)42-43(34,35)38-5-10-13(29)15(31)20(40-10)27-3-1-2-9(4-27)18(23)33/h1-4,7-8,10-11,13-16,20-21,29-32H,5-6H2,(H5-,22,23,24,25,33,34,35,36,37)/p+1/t10-,11+,13-,14+,15-,16+,20-,21+/m0/s1. The van der Waals surface area contributed by atoms with Gasteiger partial charge in [-0.3, -0.25) is 18.4 Å². The van der Waals surface area contributed by atoms with Crippen molar-refractivity contribution in [3.05, 3.63) is 42.7 Å². The quantitative estimate of drug-likeness (QED) is 0.0747. The van der Waals surface area contributed by atoms with E-state index in [0.29, 0.717) is 0 Å².